The average Bonchev–Trinajstić information content (AvgIpc) is 2.75. The van der Waals surface area contributed by atoms with Crippen LogP contribution in [0.25, 0.3) is 0 Å². The first kappa shape index (κ1) is 12.6. The van der Waals surface area contributed by atoms with E-state index < -0.39 is 0 Å². The maximum Gasteiger partial charge on any atom is 0.0940 e. The molecule has 15 heavy (non-hydrogen) atoms. The molecule has 0 saturated carbocycles. The van der Waals surface area contributed by atoms with Gasteiger partial charge in [0.25, 0.3) is 0 Å². The molecule has 0 radical (unpaired) electrons. The van der Waals surface area contributed by atoms with Crippen molar-refractivity contribution in [3.05, 3.63) is 16.6 Å². The summed E-state index contributed by atoms with van der Waals surface area (Å²) in [6.45, 7) is 3.84. The van der Waals surface area contributed by atoms with E-state index in [0.717, 1.165) is 32.5 Å². The predicted molar refractivity (Wildman–Crippen MR) is 64.4 cm³/mol. The van der Waals surface area contributed by atoms with Crippen molar-refractivity contribution in [1.82, 2.24) is 10.3 Å². The maximum absolute atomic E-state index is 5.48. The Kier molecular flexibility index (Phi) is 6.55. The molecule has 86 valence electrons. The highest BCUT2D eigenvalue weighted by Crippen LogP contribution is 2.09. The van der Waals surface area contributed by atoms with Gasteiger partial charge in [0.2, 0.25) is 0 Å². The predicted octanol–water partition coefficient (Wildman–Crippen LogP) is 2.09. The minimum Gasteiger partial charge on any atom is -0.381 e. The molecule has 3 nitrogen and oxygen atoms in total. The fraction of sp³-hybridized carbons (Fsp3) is 0.727. The van der Waals surface area contributed by atoms with E-state index in [1.165, 1.54) is 5.01 Å². The maximum atomic E-state index is 5.48. The monoisotopic (exact) mass is 228 g/mol. The van der Waals surface area contributed by atoms with Crippen LogP contribution in [0.5, 0.6) is 0 Å². The summed E-state index contributed by atoms with van der Waals surface area (Å²) in [5.41, 5.74) is 0. The van der Waals surface area contributed by atoms with Crippen LogP contribution in [0.4, 0.5) is 0 Å². The topological polar surface area (TPSA) is 34.1 Å². The highest BCUT2D eigenvalue weighted by molar-refractivity contribution is 7.09. The molecule has 1 rings (SSSR count). The van der Waals surface area contributed by atoms with Gasteiger partial charge in [0.05, 0.1) is 5.01 Å². The van der Waals surface area contributed by atoms with E-state index in [9.17, 15) is 0 Å². The Hall–Kier alpha value is -0.450. The van der Waals surface area contributed by atoms with E-state index in [4.69, 9.17) is 4.74 Å². The Balaban J connectivity index is 2.18. The van der Waals surface area contributed by atoms with Crippen LogP contribution in [-0.2, 0) is 11.2 Å². The van der Waals surface area contributed by atoms with Crippen molar-refractivity contribution in [1.29, 1.82) is 0 Å². The van der Waals surface area contributed by atoms with Crippen LogP contribution in [0.3, 0.4) is 0 Å². The van der Waals surface area contributed by atoms with E-state index in [0.29, 0.717) is 6.04 Å². The second-order valence-electron chi connectivity index (χ2n) is 3.52. The Morgan fingerprint density at radius 1 is 1.53 bits per heavy atom. The second kappa shape index (κ2) is 7.79. The molecule has 0 aliphatic rings. The lowest BCUT2D eigenvalue weighted by atomic mass is 10.1. The van der Waals surface area contributed by atoms with Crippen LogP contribution in [0, 0.1) is 0 Å². The number of nitrogens with zero attached hydrogens (tertiary/aromatic N) is 1. The first-order chi connectivity index (χ1) is 7.36. The van der Waals surface area contributed by atoms with Crippen molar-refractivity contribution >= 4 is 11.3 Å². The Labute approximate surface area is 95.9 Å². The molecule has 0 amide bonds. The van der Waals surface area contributed by atoms with Gasteiger partial charge in [0.1, 0.15) is 0 Å². The zero-order valence-corrected chi connectivity index (χ0v) is 10.3. The molecule has 0 aromatic carbocycles. The molecule has 0 saturated heterocycles. The smallest absolute Gasteiger partial charge is 0.0940 e. The van der Waals surface area contributed by atoms with Crippen LogP contribution < -0.4 is 5.32 Å². The normalized spacial score (nSPS) is 12.9. The summed E-state index contributed by atoms with van der Waals surface area (Å²) in [5, 5.41) is 6.53. The quantitative estimate of drug-likeness (QED) is 0.692. The number of aromatic nitrogens is 1. The standard InChI is InChI=1S/C11H20N2OS/c1-3-6-14-7-4-10(12-2)9-11-13-5-8-15-11/h5,8,10,12H,3-4,6-7,9H2,1-2H3. The van der Waals surface area contributed by atoms with Crippen LogP contribution in [0.1, 0.15) is 24.8 Å². The van der Waals surface area contributed by atoms with Crippen LogP contribution >= 0.6 is 11.3 Å². The van der Waals surface area contributed by atoms with Crippen molar-refractivity contribution < 1.29 is 4.74 Å². The van der Waals surface area contributed by atoms with E-state index in [-0.39, 0.29) is 0 Å². The van der Waals surface area contributed by atoms with Crippen molar-refractivity contribution in [2.75, 3.05) is 20.3 Å². The van der Waals surface area contributed by atoms with Crippen molar-refractivity contribution in [2.24, 2.45) is 0 Å². The number of thiazole rings is 1. The fourth-order valence-electron chi connectivity index (χ4n) is 1.39. The van der Waals surface area contributed by atoms with Gasteiger partial charge in [-0.2, -0.15) is 0 Å². The van der Waals surface area contributed by atoms with Gasteiger partial charge in [-0.3, -0.25) is 0 Å². The lowest BCUT2D eigenvalue weighted by Gasteiger charge is -2.14. The molecular weight excluding hydrogens is 208 g/mol. The Bertz CT molecular complexity index is 239. The molecule has 0 bridgehead atoms. The SMILES string of the molecule is CCCOCCC(Cc1nccs1)NC. The summed E-state index contributed by atoms with van der Waals surface area (Å²) in [7, 11) is 2.00. The molecule has 0 aliphatic heterocycles. The highest BCUT2D eigenvalue weighted by Gasteiger charge is 2.08. The highest BCUT2D eigenvalue weighted by atomic mass is 32.1. The number of rotatable bonds is 8. The van der Waals surface area contributed by atoms with Gasteiger partial charge >= 0.3 is 0 Å². The Morgan fingerprint density at radius 3 is 3.00 bits per heavy atom. The van der Waals surface area contributed by atoms with E-state index >= 15 is 0 Å². The van der Waals surface area contributed by atoms with Crippen LogP contribution in [0.15, 0.2) is 11.6 Å². The molecular formula is C11H20N2OS. The molecule has 1 atom stereocenters. The number of likely N-dealkylation sites (N-methyl/N-ethyl adjacent to an activating group) is 1. The summed E-state index contributed by atoms with van der Waals surface area (Å²) in [6, 6.07) is 0.480. The van der Waals surface area contributed by atoms with Gasteiger partial charge in [0.15, 0.2) is 0 Å². The zero-order chi connectivity index (χ0) is 10.9. The lowest BCUT2D eigenvalue weighted by molar-refractivity contribution is 0.125. The van der Waals surface area contributed by atoms with E-state index in [2.05, 4.69) is 17.2 Å². The summed E-state index contributed by atoms with van der Waals surface area (Å²) in [6.07, 6.45) is 5.01. The number of nitrogens with one attached hydrogen (secondary N) is 1. The summed E-state index contributed by atoms with van der Waals surface area (Å²) < 4.78 is 5.48. The lowest BCUT2D eigenvalue weighted by Crippen LogP contribution is -2.29. The molecule has 1 aromatic heterocycles. The molecule has 1 heterocycles. The Morgan fingerprint density at radius 2 is 2.40 bits per heavy atom. The molecule has 0 aliphatic carbocycles. The fourth-order valence-corrected chi connectivity index (χ4v) is 2.08. The third-order valence-corrected chi connectivity index (χ3v) is 3.07. The molecule has 1 unspecified atom stereocenters. The first-order valence-electron chi connectivity index (χ1n) is 5.50. The summed E-state index contributed by atoms with van der Waals surface area (Å²) in [5.74, 6) is 0. The minimum absolute atomic E-state index is 0.480. The van der Waals surface area contributed by atoms with Gasteiger partial charge in [-0.15, -0.1) is 11.3 Å². The van der Waals surface area contributed by atoms with Crippen molar-refractivity contribution in [2.45, 2.75) is 32.2 Å². The largest absolute Gasteiger partial charge is 0.381 e. The molecule has 1 N–H and O–H groups in total. The van der Waals surface area contributed by atoms with Gasteiger partial charge < -0.3 is 10.1 Å². The average molecular weight is 228 g/mol. The zero-order valence-electron chi connectivity index (χ0n) is 9.53. The first-order valence-corrected chi connectivity index (χ1v) is 6.38. The number of ether oxygens (including phenoxy) is 1. The van der Waals surface area contributed by atoms with Gasteiger partial charge in [-0.1, -0.05) is 6.92 Å². The molecule has 0 spiro atoms. The summed E-state index contributed by atoms with van der Waals surface area (Å²) in [4.78, 5) is 4.29. The van der Waals surface area contributed by atoms with Crippen LogP contribution in [-0.4, -0.2) is 31.3 Å². The molecule has 1 aromatic rings. The van der Waals surface area contributed by atoms with E-state index in [1.807, 2.05) is 18.6 Å². The number of hydrogen-bond donors (Lipinski definition) is 1. The van der Waals surface area contributed by atoms with Crippen molar-refractivity contribution in [3.8, 4) is 0 Å². The van der Waals surface area contributed by atoms with Crippen LogP contribution in [0.2, 0.25) is 0 Å². The third-order valence-electron chi connectivity index (χ3n) is 2.27. The van der Waals surface area contributed by atoms with Gasteiger partial charge in [-0.25, -0.2) is 4.98 Å². The van der Waals surface area contributed by atoms with Gasteiger partial charge in [0, 0.05) is 37.3 Å². The minimum atomic E-state index is 0.480. The summed E-state index contributed by atoms with van der Waals surface area (Å²) >= 11 is 1.72. The van der Waals surface area contributed by atoms with E-state index in [1.54, 1.807) is 11.3 Å². The van der Waals surface area contributed by atoms with Gasteiger partial charge in [-0.05, 0) is 19.9 Å². The molecule has 4 heteroatoms. The number of hydrogen-bond acceptors (Lipinski definition) is 4. The molecule has 0 fully saturated rings. The third kappa shape index (κ3) is 5.25. The second-order valence-corrected chi connectivity index (χ2v) is 4.50. The van der Waals surface area contributed by atoms with Crippen molar-refractivity contribution in [3.63, 3.8) is 0 Å².